The van der Waals surface area contributed by atoms with Crippen molar-refractivity contribution >= 4 is 32.4 Å². The normalized spacial score (nSPS) is 10.0. The van der Waals surface area contributed by atoms with Crippen LogP contribution in [0, 0.1) is 11.3 Å². The molecule has 0 amide bonds. The third-order valence-electron chi connectivity index (χ3n) is 2.57. The molecule has 0 unspecified atom stereocenters. The second-order valence-electron chi connectivity index (χ2n) is 3.94. The monoisotopic (exact) mass is 337 g/mol. The van der Waals surface area contributed by atoms with Gasteiger partial charge in [0.1, 0.15) is 16.7 Å². The Balaban J connectivity index is 2.12. The van der Waals surface area contributed by atoms with Crippen molar-refractivity contribution < 1.29 is 4.74 Å². The third kappa shape index (κ3) is 3.25. The molecule has 0 atom stereocenters. The van der Waals surface area contributed by atoms with Gasteiger partial charge in [0.05, 0.1) is 17.8 Å². The first-order valence-corrected chi connectivity index (χ1v) is 7.14. The van der Waals surface area contributed by atoms with E-state index in [9.17, 15) is 0 Å². The molecule has 19 heavy (non-hydrogen) atoms. The number of hydrogen-bond acceptors (Lipinski definition) is 5. The predicted octanol–water partition coefficient (Wildman–Crippen LogP) is 3.42. The first-order valence-electron chi connectivity index (χ1n) is 5.53. The zero-order chi connectivity index (χ0) is 13.8. The minimum atomic E-state index is 0.623. The molecule has 1 aromatic carbocycles. The highest BCUT2D eigenvalue weighted by atomic mass is 79.9. The van der Waals surface area contributed by atoms with Crippen LogP contribution in [0.3, 0.4) is 0 Å². The largest absolute Gasteiger partial charge is 0.496 e. The van der Waals surface area contributed by atoms with Crippen LogP contribution in [0.15, 0.2) is 28.9 Å². The lowest BCUT2D eigenvalue weighted by Crippen LogP contribution is -2.15. The maximum absolute atomic E-state index is 8.80. The van der Waals surface area contributed by atoms with Gasteiger partial charge < -0.3 is 9.64 Å². The average Bonchev–Trinajstić information content (AvgIpc) is 2.88. The number of benzene rings is 1. The number of thiazole rings is 1. The van der Waals surface area contributed by atoms with Gasteiger partial charge >= 0.3 is 0 Å². The van der Waals surface area contributed by atoms with Gasteiger partial charge in [0.2, 0.25) is 0 Å². The van der Waals surface area contributed by atoms with Crippen molar-refractivity contribution in [2.75, 3.05) is 19.1 Å². The Hall–Kier alpha value is -1.58. The summed E-state index contributed by atoms with van der Waals surface area (Å²) in [4.78, 5) is 6.86. The van der Waals surface area contributed by atoms with E-state index in [1.54, 1.807) is 13.3 Å². The number of nitrogens with zero attached hydrogens (tertiary/aromatic N) is 3. The van der Waals surface area contributed by atoms with Crippen molar-refractivity contribution in [3.63, 3.8) is 0 Å². The molecule has 0 aliphatic heterocycles. The molecular formula is C13H12BrN3OS. The molecule has 1 heterocycles. The van der Waals surface area contributed by atoms with E-state index < -0.39 is 0 Å². The number of aromatic nitrogens is 1. The third-order valence-corrected chi connectivity index (χ3v) is 4.20. The second-order valence-corrected chi connectivity index (χ2v) is 5.81. The summed E-state index contributed by atoms with van der Waals surface area (Å²) in [5, 5.41) is 9.63. The van der Waals surface area contributed by atoms with Crippen LogP contribution in [0.1, 0.15) is 10.4 Å². The van der Waals surface area contributed by atoms with Gasteiger partial charge in [0.15, 0.2) is 5.13 Å². The van der Waals surface area contributed by atoms with Gasteiger partial charge in [0, 0.05) is 13.6 Å². The molecular weight excluding hydrogens is 326 g/mol. The highest BCUT2D eigenvalue weighted by molar-refractivity contribution is 9.10. The molecule has 0 bridgehead atoms. The summed E-state index contributed by atoms with van der Waals surface area (Å²) in [6, 6.07) is 8.06. The van der Waals surface area contributed by atoms with E-state index in [0.717, 1.165) is 27.5 Å². The van der Waals surface area contributed by atoms with Gasteiger partial charge in [-0.15, -0.1) is 0 Å². The van der Waals surface area contributed by atoms with E-state index in [2.05, 4.69) is 27.0 Å². The van der Waals surface area contributed by atoms with Crippen LogP contribution in [0.25, 0.3) is 0 Å². The second kappa shape index (κ2) is 6.04. The fourth-order valence-electron chi connectivity index (χ4n) is 1.64. The SMILES string of the molecule is COc1ccc(CN(C)c2ncc(C#N)s2)cc1Br. The maximum Gasteiger partial charge on any atom is 0.186 e. The lowest BCUT2D eigenvalue weighted by atomic mass is 10.2. The van der Waals surface area contributed by atoms with Gasteiger partial charge in [-0.25, -0.2) is 4.98 Å². The topological polar surface area (TPSA) is 49.1 Å². The number of halogens is 1. The van der Waals surface area contributed by atoms with Crippen LogP contribution in [-0.2, 0) is 6.54 Å². The van der Waals surface area contributed by atoms with E-state index >= 15 is 0 Å². The van der Waals surface area contributed by atoms with Crippen molar-refractivity contribution in [1.82, 2.24) is 4.98 Å². The molecule has 0 aliphatic rings. The number of ether oxygens (including phenoxy) is 1. The summed E-state index contributed by atoms with van der Waals surface area (Å²) < 4.78 is 6.13. The smallest absolute Gasteiger partial charge is 0.186 e. The maximum atomic E-state index is 8.80. The van der Waals surface area contributed by atoms with Crippen LogP contribution in [0.4, 0.5) is 5.13 Å². The molecule has 1 aromatic heterocycles. The first-order chi connectivity index (χ1) is 9.13. The Kier molecular flexibility index (Phi) is 4.40. The molecule has 98 valence electrons. The molecule has 0 saturated carbocycles. The van der Waals surface area contributed by atoms with E-state index in [0.29, 0.717) is 4.88 Å². The van der Waals surface area contributed by atoms with Gasteiger partial charge in [0.25, 0.3) is 0 Å². The molecule has 0 N–H and O–H groups in total. The molecule has 0 radical (unpaired) electrons. The van der Waals surface area contributed by atoms with Crippen molar-refractivity contribution in [2.24, 2.45) is 0 Å². The Bertz CT molecular complexity index is 621. The molecule has 2 aromatic rings. The lowest BCUT2D eigenvalue weighted by Gasteiger charge is -2.16. The fourth-order valence-corrected chi connectivity index (χ4v) is 2.90. The van der Waals surface area contributed by atoms with Crippen LogP contribution in [-0.4, -0.2) is 19.1 Å². The van der Waals surface area contributed by atoms with Crippen LogP contribution < -0.4 is 9.64 Å². The van der Waals surface area contributed by atoms with E-state index in [1.165, 1.54) is 11.3 Å². The molecule has 0 spiro atoms. The van der Waals surface area contributed by atoms with Crippen molar-refractivity contribution in [1.29, 1.82) is 5.26 Å². The number of hydrogen-bond donors (Lipinski definition) is 0. The molecule has 0 aliphatic carbocycles. The van der Waals surface area contributed by atoms with Gasteiger partial charge in [-0.05, 0) is 33.6 Å². The van der Waals surface area contributed by atoms with Crippen molar-refractivity contribution in [3.05, 3.63) is 39.3 Å². The zero-order valence-corrected chi connectivity index (χ0v) is 13.0. The van der Waals surface area contributed by atoms with Crippen LogP contribution >= 0.6 is 27.3 Å². The molecule has 6 heteroatoms. The van der Waals surface area contributed by atoms with E-state index in [-0.39, 0.29) is 0 Å². The lowest BCUT2D eigenvalue weighted by molar-refractivity contribution is 0.412. The summed E-state index contributed by atoms with van der Waals surface area (Å²) in [5.41, 5.74) is 1.14. The number of methoxy groups -OCH3 is 1. The summed E-state index contributed by atoms with van der Waals surface area (Å²) in [7, 11) is 3.60. The highest BCUT2D eigenvalue weighted by Crippen LogP contribution is 2.27. The highest BCUT2D eigenvalue weighted by Gasteiger charge is 2.09. The molecule has 2 rings (SSSR count). The van der Waals surface area contributed by atoms with Crippen molar-refractivity contribution in [2.45, 2.75) is 6.54 Å². The number of anilines is 1. The van der Waals surface area contributed by atoms with Crippen LogP contribution in [0.2, 0.25) is 0 Å². The quantitative estimate of drug-likeness (QED) is 0.857. The summed E-state index contributed by atoms with van der Waals surface area (Å²) in [6.45, 7) is 0.723. The standard InChI is InChI=1S/C13H12BrN3OS/c1-17(13-16-7-10(6-15)19-13)8-9-3-4-12(18-2)11(14)5-9/h3-5,7H,8H2,1-2H3. The van der Waals surface area contributed by atoms with E-state index in [1.807, 2.05) is 30.1 Å². The van der Waals surface area contributed by atoms with Gasteiger partial charge in [-0.2, -0.15) is 5.26 Å². The van der Waals surface area contributed by atoms with Crippen LogP contribution in [0.5, 0.6) is 5.75 Å². The van der Waals surface area contributed by atoms with Gasteiger partial charge in [-0.1, -0.05) is 17.4 Å². The Morgan fingerprint density at radius 1 is 1.53 bits per heavy atom. The number of nitriles is 1. The first kappa shape index (κ1) is 13.8. The Morgan fingerprint density at radius 3 is 2.89 bits per heavy atom. The molecule has 0 saturated heterocycles. The van der Waals surface area contributed by atoms with E-state index in [4.69, 9.17) is 10.00 Å². The minimum Gasteiger partial charge on any atom is -0.496 e. The summed E-state index contributed by atoms with van der Waals surface area (Å²) in [5.74, 6) is 0.812. The zero-order valence-electron chi connectivity index (χ0n) is 10.6. The molecule has 0 fully saturated rings. The Morgan fingerprint density at radius 2 is 2.32 bits per heavy atom. The summed E-state index contributed by atoms with van der Waals surface area (Å²) >= 11 is 4.86. The Labute approximate surface area is 124 Å². The molecule has 4 nitrogen and oxygen atoms in total. The average molecular weight is 338 g/mol. The summed E-state index contributed by atoms with van der Waals surface area (Å²) in [6.07, 6.45) is 1.60. The van der Waals surface area contributed by atoms with Gasteiger partial charge in [-0.3, -0.25) is 0 Å². The van der Waals surface area contributed by atoms with Crippen molar-refractivity contribution in [3.8, 4) is 11.8 Å². The number of rotatable bonds is 4. The minimum absolute atomic E-state index is 0.623. The fraction of sp³-hybridized carbons (Fsp3) is 0.231. The predicted molar refractivity (Wildman–Crippen MR) is 79.6 cm³/mol.